The van der Waals surface area contributed by atoms with Crippen molar-refractivity contribution in [3.05, 3.63) is 33.8 Å². The first-order valence-corrected chi connectivity index (χ1v) is 3.96. The summed E-state index contributed by atoms with van der Waals surface area (Å²) in [5, 5.41) is 8.62. The molecule has 2 N–H and O–H groups in total. The number of nitriles is 1. The van der Waals surface area contributed by atoms with E-state index in [1.807, 2.05) is 12.1 Å². The number of benzene rings is 1. The normalized spacial score (nSPS) is 8.42. The smallest absolute Gasteiger partial charge is 0.100 e. The van der Waals surface area contributed by atoms with Crippen LogP contribution in [0.25, 0.3) is 0 Å². The molecule has 0 aliphatic carbocycles. The third-order valence-corrected chi connectivity index (χ3v) is 2.08. The van der Waals surface area contributed by atoms with Gasteiger partial charge in [0.1, 0.15) is 6.07 Å². The summed E-state index contributed by atoms with van der Waals surface area (Å²) < 4.78 is 0.817. The summed E-state index contributed by atoms with van der Waals surface area (Å²) in [6, 6.07) is 7.58. The molecule has 12 heavy (non-hydrogen) atoms. The maximum Gasteiger partial charge on any atom is 0.100 e. The van der Waals surface area contributed by atoms with E-state index in [9.17, 15) is 0 Å². The van der Waals surface area contributed by atoms with Crippen molar-refractivity contribution < 1.29 is 0 Å². The van der Waals surface area contributed by atoms with Crippen LogP contribution in [0.4, 0.5) is 0 Å². The summed E-state index contributed by atoms with van der Waals surface area (Å²) in [7, 11) is 0. The number of rotatable bonds is 1. The van der Waals surface area contributed by atoms with Crippen molar-refractivity contribution in [3.63, 3.8) is 0 Å². The molecule has 0 heterocycles. The molecule has 0 saturated carbocycles. The zero-order valence-corrected chi connectivity index (χ0v) is 8.65. The van der Waals surface area contributed by atoms with Crippen LogP contribution in [0.3, 0.4) is 0 Å². The minimum Gasteiger partial charge on any atom is -0.326 e. The number of nitrogens with zero attached hydrogens (tertiary/aromatic N) is 1. The highest BCUT2D eigenvalue weighted by Crippen LogP contribution is 2.16. The Bertz CT molecular complexity index is 306. The van der Waals surface area contributed by atoms with Crippen LogP contribution < -0.4 is 5.73 Å². The molecular weight excluding hydrogens is 239 g/mol. The second-order valence-corrected chi connectivity index (χ2v) is 2.98. The van der Waals surface area contributed by atoms with Gasteiger partial charge in [-0.2, -0.15) is 5.26 Å². The average molecular weight is 248 g/mol. The van der Waals surface area contributed by atoms with Crippen molar-refractivity contribution in [1.29, 1.82) is 5.26 Å². The van der Waals surface area contributed by atoms with Crippen LogP contribution in [0.15, 0.2) is 22.7 Å². The fraction of sp³-hybridized carbons (Fsp3) is 0.125. The lowest BCUT2D eigenvalue weighted by Crippen LogP contribution is -1.96. The molecule has 4 heteroatoms. The molecule has 0 atom stereocenters. The quantitative estimate of drug-likeness (QED) is 0.827. The van der Waals surface area contributed by atoms with Gasteiger partial charge in [-0.15, -0.1) is 12.4 Å². The minimum atomic E-state index is 0. The largest absolute Gasteiger partial charge is 0.326 e. The number of hydrogen-bond donors (Lipinski definition) is 1. The lowest BCUT2D eigenvalue weighted by Gasteiger charge is -1.97. The topological polar surface area (TPSA) is 49.8 Å². The van der Waals surface area contributed by atoms with Crippen LogP contribution in [0, 0.1) is 11.3 Å². The van der Waals surface area contributed by atoms with E-state index in [0.717, 1.165) is 10.0 Å². The first kappa shape index (κ1) is 11.4. The van der Waals surface area contributed by atoms with Crippen LogP contribution in [-0.4, -0.2) is 0 Å². The van der Waals surface area contributed by atoms with E-state index in [-0.39, 0.29) is 12.4 Å². The van der Waals surface area contributed by atoms with Gasteiger partial charge in [-0.1, -0.05) is 6.07 Å². The van der Waals surface area contributed by atoms with Crippen LogP contribution in [0.5, 0.6) is 0 Å². The van der Waals surface area contributed by atoms with Gasteiger partial charge in [0, 0.05) is 11.0 Å². The van der Waals surface area contributed by atoms with Gasteiger partial charge in [-0.25, -0.2) is 0 Å². The van der Waals surface area contributed by atoms with Gasteiger partial charge in [-0.05, 0) is 33.6 Å². The molecule has 0 aliphatic rings. The zero-order valence-electron chi connectivity index (χ0n) is 6.25. The predicted octanol–water partition coefficient (Wildman–Crippen LogP) is 2.20. The fourth-order valence-corrected chi connectivity index (χ4v) is 1.12. The second kappa shape index (κ2) is 5.15. The molecule has 1 aromatic carbocycles. The average Bonchev–Trinajstić information content (AvgIpc) is 2.05. The SMILES string of the molecule is Cl.N#Cc1cc(CN)ccc1Br. The molecule has 0 fully saturated rings. The van der Waals surface area contributed by atoms with Gasteiger partial charge in [0.25, 0.3) is 0 Å². The van der Waals surface area contributed by atoms with Crippen molar-refractivity contribution in [2.75, 3.05) is 0 Å². The summed E-state index contributed by atoms with van der Waals surface area (Å²) in [6.07, 6.45) is 0. The van der Waals surface area contributed by atoms with E-state index in [1.54, 1.807) is 6.07 Å². The Morgan fingerprint density at radius 3 is 2.67 bits per heavy atom. The Balaban J connectivity index is 0.00000121. The number of hydrogen-bond acceptors (Lipinski definition) is 2. The summed E-state index contributed by atoms with van der Waals surface area (Å²) >= 11 is 3.26. The Morgan fingerprint density at radius 2 is 2.17 bits per heavy atom. The van der Waals surface area contributed by atoms with E-state index >= 15 is 0 Å². The first-order valence-electron chi connectivity index (χ1n) is 3.16. The highest BCUT2D eigenvalue weighted by Gasteiger charge is 1.98. The predicted molar refractivity (Wildman–Crippen MR) is 54.0 cm³/mol. The Kier molecular flexibility index (Phi) is 4.91. The van der Waals surface area contributed by atoms with E-state index < -0.39 is 0 Å². The maximum absolute atomic E-state index is 8.62. The molecule has 0 aromatic heterocycles. The molecule has 0 radical (unpaired) electrons. The number of nitrogens with two attached hydrogens (primary N) is 1. The maximum atomic E-state index is 8.62. The van der Waals surface area contributed by atoms with Crippen molar-refractivity contribution in [2.45, 2.75) is 6.54 Å². The van der Waals surface area contributed by atoms with Gasteiger partial charge in [0.2, 0.25) is 0 Å². The lowest BCUT2D eigenvalue weighted by molar-refractivity contribution is 1.07. The Hall–Kier alpha value is -0.560. The van der Waals surface area contributed by atoms with E-state index in [1.165, 1.54) is 0 Å². The highest BCUT2D eigenvalue weighted by atomic mass is 79.9. The third kappa shape index (κ3) is 2.49. The monoisotopic (exact) mass is 246 g/mol. The highest BCUT2D eigenvalue weighted by molar-refractivity contribution is 9.10. The van der Waals surface area contributed by atoms with Gasteiger partial charge in [0.15, 0.2) is 0 Å². The van der Waals surface area contributed by atoms with Crippen LogP contribution in [0.1, 0.15) is 11.1 Å². The van der Waals surface area contributed by atoms with Crippen molar-refractivity contribution in [3.8, 4) is 6.07 Å². The summed E-state index contributed by atoms with van der Waals surface area (Å²) in [5.74, 6) is 0. The summed E-state index contributed by atoms with van der Waals surface area (Å²) in [6.45, 7) is 0.474. The molecule has 0 unspecified atom stereocenters. The number of halogens is 2. The van der Waals surface area contributed by atoms with Crippen molar-refractivity contribution in [2.24, 2.45) is 5.73 Å². The van der Waals surface area contributed by atoms with Gasteiger partial charge < -0.3 is 5.73 Å². The molecular formula is C8H8BrClN2. The second-order valence-electron chi connectivity index (χ2n) is 2.13. The summed E-state index contributed by atoms with van der Waals surface area (Å²) in [4.78, 5) is 0. The fourth-order valence-electron chi connectivity index (χ4n) is 0.785. The molecule has 0 spiro atoms. The first-order chi connectivity index (χ1) is 5.27. The van der Waals surface area contributed by atoms with Crippen molar-refractivity contribution in [1.82, 2.24) is 0 Å². The molecule has 0 amide bonds. The molecule has 1 aromatic rings. The minimum absolute atomic E-state index is 0. The zero-order chi connectivity index (χ0) is 8.27. The van der Waals surface area contributed by atoms with Crippen LogP contribution in [0.2, 0.25) is 0 Å². The Morgan fingerprint density at radius 1 is 1.50 bits per heavy atom. The van der Waals surface area contributed by atoms with Gasteiger partial charge >= 0.3 is 0 Å². The molecule has 0 saturated heterocycles. The molecule has 0 bridgehead atoms. The standard InChI is InChI=1S/C8H7BrN2.ClH/c9-8-2-1-6(4-10)3-7(8)5-11;/h1-3H,4,10H2;1H. The molecule has 0 aliphatic heterocycles. The van der Waals surface area contributed by atoms with Gasteiger partial charge in [-0.3, -0.25) is 0 Å². The van der Waals surface area contributed by atoms with Crippen LogP contribution in [-0.2, 0) is 6.54 Å². The molecule has 2 nitrogen and oxygen atoms in total. The van der Waals surface area contributed by atoms with Gasteiger partial charge in [0.05, 0.1) is 5.56 Å². The van der Waals surface area contributed by atoms with E-state index in [2.05, 4.69) is 22.0 Å². The van der Waals surface area contributed by atoms with Crippen molar-refractivity contribution >= 4 is 28.3 Å². The Labute approximate surface area is 85.9 Å². The van der Waals surface area contributed by atoms with E-state index in [0.29, 0.717) is 12.1 Å². The molecule has 64 valence electrons. The third-order valence-electron chi connectivity index (χ3n) is 1.39. The molecule has 1 rings (SSSR count). The van der Waals surface area contributed by atoms with E-state index in [4.69, 9.17) is 11.0 Å². The summed E-state index contributed by atoms with van der Waals surface area (Å²) in [5.41, 5.74) is 7.01. The van der Waals surface area contributed by atoms with Crippen LogP contribution >= 0.6 is 28.3 Å². The lowest BCUT2D eigenvalue weighted by atomic mass is 10.1.